The van der Waals surface area contributed by atoms with Gasteiger partial charge in [0.1, 0.15) is 0 Å². The summed E-state index contributed by atoms with van der Waals surface area (Å²) in [7, 11) is 0. The summed E-state index contributed by atoms with van der Waals surface area (Å²) in [4.78, 5) is 10.3. The molecule has 0 aromatic heterocycles. The second kappa shape index (κ2) is 24.4. The molecule has 0 atom stereocenters. The van der Waals surface area contributed by atoms with Crippen LogP contribution in [0.3, 0.4) is 0 Å². The van der Waals surface area contributed by atoms with Crippen LogP contribution in [0.25, 0.3) is 0 Å². The van der Waals surface area contributed by atoms with E-state index in [-0.39, 0.29) is 13.0 Å². The molecule has 0 unspecified atom stereocenters. The Kier molecular flexibility index (Phi) is 24.7. The van der Waals surface area contributed by atoms with Gasteiger partial charge in [0, 0.05) is 13.0 Å². The zero-order valence-corrected chi connectivity index (χ0v) is 15.9. The third-order valence-electron chi connectivity index (χ3n) is 2.92. The van der Waals surface area contributed by atoms with E-state index in [9.17, 15) is 4.79 Å². The summed E-state index contributed by atoms with van der Waals surface area (Å²) in [5, 5.41) is 16.1. The van der Waals surface area contributed by atoms with Gasteiger partial charge < -0.3 is 10.2 Å². The van der Waals surface area contributed by atoms with Crippen LogP contribution in [0.5, 0.6) is 0 Å². The summed E-state index contributed by atoms with van der Waals surface area (Å²) < 4.78 is 0. The Morgan fingerprint density at radius 3 is 1.44 bits per heavy atom. The molecule has 3 nitrogen and oxygen atoms in total. The Labute approximate surface area is 154 Å². The van der Waals surface area contributed by atoms with Crippen LogP contribution in [0.15, 0.2) is 60.8 Å². The molecule has 0 amide bonds. The molecule has 0 aromatic carbocycles. The minimum atomic E-state index is -0.715. The number of hydrogen-bond donors (Lipinski definition) is 2. The van der Waals surface area contributed by atoms with Crippen molar-refractivity contribution in [3.05, 3.63) is 60.8 Å². The van der Waals surface area contributed by atoms with Crippen molar-refractivity contribution in [2.45, 2.75) is 65.2 Å². The maximum Gasteiger partial charge on any atom is 0.303 e. The standard InChI is InChI=1S/C20H30O2.C2H6O/c1-2-3-4-5-6-7-8-9-10-11-12-13-14-15-16-17-18-19-20(21)22;1-2-3/h3-4,6-7,9-10,12-13,15-16H,2,5,8,11,14,17-19H2,1H3,(H,21,22);3H,2H2,1H3/b4-3-,7-6-,10-9-,13-12-,16-15-;. The lowest BCUT2D eigenvalue weighted by atomic mass is 10.2. The lowest BCUT2D eigenvalue weighted by Gasteiger charge is -1.89. The van der Waals surface area contributed by atoms with Gasteiger partial charge in [0.2, 0.25) is 0 Å². The molecule has 3 heteroatoms. The molecule has 0 saturated carbocycles. The van der Waals surface area contributed by atoms with E-state index in [2.05, 4.69) is 67.7 Å². The van der Waals surface area contributed by atoms with Gasteiger partial charge in [-0.1, -0.05) is 67.7 Å². The van der Waals surface area contributed by atoms with Gasteiger partial charge in [0.15, 0.2) is 0 Å². The minimum Gasteiger partial charge on any atom is -0.481 e. The molecule has 0 aliphatic heterocycles. The van der Waals surface area contributed by atoms with Crippen LogP contribution >= 0.6 is 0 Å². The third kappa shape index (κ3) is 30.6. The maximum absolute atomic E-state index is 10.3. The molecule has 0 spiro atoms. The van der Waals surface area contributed by atoms with Crippen molar-refractivity contribution in [3.63, 3.8) is 0 Å². The molecule has 0 heterocycles. The SMILES string of the molecule is CC/C=C\C/C=C\C/C=C\C/C=C\C/C=C\CCCC(=O)O.CCO. The third-order valence-corrected chi connectivity index (χ3v) is 2.92. The summed E-state index contributed by atoms with van der Waals surface area (Å²) >= 11 is 0. The molecule has 2 N–H and O–H groups in total. The molecule has 0 radical (unpaired) electrons. The normalized spacial score (nSPS) is 12.0. The summed E-state index contributed by atoms with van der Waals surface area (Å²) in [5.74, 6) is -0.715. The van der Waals surface area contributed by atoms with E-state index in [0.29, 0.717) is 0 Å². The van der Waals surface area contributed by atoms with E-state index in [4.69, 9.17) is 10.2 Å². The number of carboxylic acids is 1. The van der Waals surface area contributed by atoms with Gasteiger partial charge in [-0.05, 0) is 51.9 Å². The number of hydrogen-bond acceptors (Lipinski definition) is 2. The summed E-state index contributed by atoms with van der Waals surface area (Å²) in [6, 6.07) is 0. The van der Waals surface area contributed by atoms with Crippen molar-refractivity contribution >= 4 is 5.97 Å². The van der Waals surface area contributed by atoms with E-state index in [1.807, 2.05) is 0 Å². The van der Waals surface area contributed by atoms with Crippen LogP contribution in [0.2, 0.25) is 0 Å². The second-order valence-corrected chi connectivity index (χ2v) is 5.31. The van der Waals surface area contributed by atoms with E-state index < -0.39 is 5.97 Å². The Morgan fingerprint density at radius 1 is 0.720 bits per heavy atom. The first-order valence-corrected chi connectivity index (χ1v) is 9.26. The molecule has 0 bridgehead atoms. The number of aliphatic hydroxyl groups is 1. The molecular weight excluding hydrogens is 312 g/mol. The van der Waals surface area contributed by atoms with Crippen LogP contribution < -0.4 is 0 Å². The van der Waals surface area contributed by atoms with Gasteiger partial charge in [-0.15, -0.1) is 0 Å². The van der Waals surface area contributed by atoms with Crippen LogP contribution in [-0.2, 0) is 4.79 Å². The van der Waals surface area contributed by atoms with Crippen LogP contribution in [-0.4, -0.2) is 22.8 Å². The Morgan fingerprint density at radius 2 is 1.08 bits per heavy atom. The monoisotopic (exact) mass is 348 g/mol. The van der Waals surface area contributed by atoms with Gasteiger partial charge in [-0.2, -0.15) is 0 Å². The first-order chi connectivity index (χ1) is 12.2. The summed E-state index contributed by atoms with van der Waals surface area (Å²) in [6.45, 7) is 4.08. The summed E-state index contributed by atoms with van der Waals surface area (Å²) in [6.07, 6.45) is 28.4. The van der Waals surface area contributed by atoms with Crippen molar-refractivity contribution in [1.82, 2.24) is 0 Å². The lowest BCUT2D eigenvalue weighted by molar-refractivity contribution is -0.137. The first-order valence-electron chi connectivity index (χ1n) is 9.26. The molecule has 0 fully saturated rings. The number of carbonyl (C=O) groups is 1. The van der Waals surface area contributed by atoms with Crippen LogP contribution in [0, 0.1) is 0 Å². The molecule has 142 valence electrons. The fraction of sp³-hybridized carbons (Fsp3) is 0.500. The minimum absolute atomic E-state index is 0.250. The van der Waals surface area contributed by atoms with Crippen molar-refractivity contribution in [2.24, 2.45) is 0 Å². The first kappa shape index (κ1) is 25.4. The van der Waals surface area contributed by atoms with Crippen molar-refractivity contribution in [2.75, 3.05) is 6.61 Å². The van der Waals surface area contributed by atoms with Gasteiger partial charge in [0.25, 0.3) is 0 Å². The molecule has 0 aliphatic rings. The fourth-order valence-electron chi connectivity index (χ4n) is 1.74. The number of allylic oxidation sites excluding steroid dienone is 10. The van der Waals surface area contributed by atoms with Gasteiger partial charge >= 0.3 is 5.97 Å². The largest absolute Gasteiger partial charge is 0.481 e. The number of carboxylic acid groups (broad SMARTS) is 1. The van der Waals surface area contributed by atoms with Crippen LogP contribution in [0.4, 0.5) is 0 Å². The molecule has 0 saturated heterocycles. The highest BCUT2D eigenvalue weighted by molar-refractivity contribution is 5.66. The predicted molar refractivity (Wildman–Crippen MR) is 109 cm³/mol. The van der Waals surface area contributed by atoms with Gasteiger partial charge in [0.05, 0.1) is 0 Å². The average molecular weight is 349 g/mol. The van der Waals surface area contributed by atoms with E-state index in [0.717, 1.165) is 44.9 Å². The molecule has 25 heavy (non-hydrogen) atoms. The summed E-state index contributed by atoms with van der Waals surface area (Å²) in [5.41, 5.74) is 0. The highest BCUT2D eigenvalue weighted by atomic mass is 16.4. The Hall–Kier alpha value is -1.87. The van der Waals surface area contributed by atoms with Crippen molar-refractivity contribution in [3.8, 4) is 0 Å². The zero-order valence-electron chi connectivity index (χ0n) is 15.9. The number of aliphatic carboxylic acids is 1. The van der Waals surface area contributed by atoms with Gasteiger partial charge in [-0.25, -0.2) is 0 Å². The molecule has 0 rings (SSSR count). The van der Waals surface area contributed by atoms with E-state index in [1.54, 1.807) is 6.92 Å². The second-order valence-electron chi connectivity index (χ2n) is 5.31. The zero-order chi connectivity index (χ0) is 19.0. The van der Waals surface area contributed by atoms with Crippen molar-refractivity contribution in [1.29, 1.82) is 0 Å². The van der Waals surface area contributed by atoms with Crippen LogP contribution in [0.1, 0.15) is 65.2 Å². The topological polar surface area (TPSA) is 57.5 Å². The van der Waals surface area contributed by atoms with E-state index in [1.165, 1.54) is 0 Å². The number of aliphatic hydroxyl groups excluding tert-OH is 1. The highest BCUT2D eigenvalue weighted by Gasteiger charge is 1.92. The van der Waals surface area contributed by atoms with E-state index >= 15 is 0 Å². The quantitative estimate of drug-likeness (QED) is 0.317. The predicted octanol–water partition coefficient (Wildman–Crippen LogP) is 5.99. The average Bonchev–Trinajstić information content (AvgIpc) is 2.58. The highest BCUT2D eigenvalue weighted by Crippen LogP contribution is 1.99. The number of rotatable bonds is 13. The number of unbranched alkanes of at least 4 members (excludes halogenated alkanes) is 1. The maximum atomic E-state index is 10.3. The smallest absolute Gasteiger partial charge is 0.303 e. The molecular formula is C22H36O3. The lowest BCUT2D eigenvalue weighted by Crippen LogP contribution is -1.92. The van der Waals surface area contributed by atoms with Crippen molar-refractivity contribution < 1.29 is 15.0 Å². The van der Waals surface area contributed by atoms with Gasteiger partial charge in [-0.3, -0.25) is 4.79 Å². The molecule has 0 aromatic rings. The fourth-order valence-corrected chi connectivity index (χ4v) is 1.74. The molecule has 0 aliphatic carbocycles. The Bertz CT molecular complexity index is 415. The Balaban J connectivity index is 0.